The van der Waals surface area contributed by atoms with E-state index in [2.05, 4.69) is 15.6 Å². The first-order chi connectivity index (χ1) is 12.6. The average molecular weight is 357 g/mol. The van der Waals surface area contributed by atoms with E-state index >= 15 is 0 Å². The summed E-state index contributed by atoms with van der Waals surface area (Å²) >= 11 is 0. The zero-order chi connectivity index (χ0) is 18.8. The van der Waals surface area contributed by atoms with Crippen molar-refractivity contribution in [1.29, 1.82) is 0 Å². The molecule has 0 aliphatic heterocycles. The molecule has 2 N–H and O–H groups in total. The number of nitrogens with zero attached hydrogens (tertiary/aromatic N) is 1. The molecule has 7 heteroatoms. The molecule has 0 atom stereocenters. The van der Waals surface area contributed by atoms with Crippen LogP contribution in [-0.4, -0.2) is 44.1 Å². The monoisotopic (exact) mass is 357 g/mol. The van der Waals surface area contributed by atoms with Gasteiger partial charge in [-0.15, -0.1) is 0 Å². The number of aryl methyl sites for hydroxylation is 1. The number of ether oxygens (including phenoxy) is 2. The average Bonchev–Trinajstić information content (AvgIpc) is 2.69. The van der Waals surface area contributed by atoms with Crippen LogP contribution in [0.4, 0.5) is 0 Å². The maximum atomic E-state index is 11.9. The molecule has 1 heterocycles. The number of nitrogens with one attached hydrogen (secondary N) is 2. The molecule has 0 radical (unpaired) electrons. The molecule has 0 bridgehead atoms. The van der Waals surface area contributed by atoms with E-state index in [9.17, 15) is 9.59 Å². The third-order valence-corrected chi connectivity index (χ3v) is 3.75. The van der Waals surface area contributed by atoms with Gasteiger partial charge in [0.25, 0.3) is 5.91 Å². The predicted molar refractivity (Wildman–Crippen MR) is 97.4 cm³/mol. The predicted octanol–water partition coefficient (Wildman–Crippen LogP) is 1.58. The standard InChI is InChI=1S/C19H23N3O4/c1-25-16-7-5-14(12-17(16)26-2)6-8-18(23)21-10-11-22-19(24)15-4-3-9-20-13-15/h3-5,7,9,12-13H,6,8,10-11H2,1-2H3,(H,21,23)(H,22,24). The Morgan fingerprint density at radius 3 is 2.50 bits per heavy atom. The Balaban J connectivity index is 1.68. The molecule has 0 saturated carbocycles. The highest BCUT2D eigenvalue weighted by Crippen LogP contribution is 2.27. The fourth-order valence-electron chi connectivity index (χ4n) is 2.36. The fraction of sp³-hybridized carbons (Fsp3) is 0.316. The summed E-state index contributed by atoms with van der Waals surface area (Å²) in [6.45, 7) is 0.729. The van der Waals surface area contributed by atoms with Crippen LogP contribution in [0.1, 0.15) is 22.3 Å². The molecule has 2 amide bonds. The molecule has 1 aromatic carbocycles. The molecule has 138 valence electrons. The second-order valence-corrected chi connectivity index (χ2v) is 5.54. The number of carbonyl (C=O) groups is 2. The third kappa shape index (κ3) is 5.77. The van der Waals surface area contributed by atoms with Gasteiger partial charge in [0.05, 0.1) is 19.8 Å². The first kappa shape index (κ1) is 19.2. The minimum absolute atomic E-state index is 0.0737. The van der Waals surface area contributed by atoms with E-state index in [0.717, 1.165) is 5.56 Å². The van der Waals surface area contributed by atoms with E-state index in [1.165, 1.54) is 6.20 Å². The largest absolute Gasteiger partial charge is 0.493 e. The number of amides is 2. The quantitative estimate of drug-likeness (QED) is 0.665. The Morgan fingerprint density at radius 1 is 1.04 bits per heavy atom. The van der Waals surface area contributed by atoms with Gasteiger partial charge in [0.1, 0.15) is 0 Å². The Morgan fingerprint density at radius 2 is 1.81 bits per heavy atom. The molecule has 7 nitrogen and oxygen atoms in total. The zero-order valence-corrected chi connectivity index (χ0v) is 15.0. The van der Waals surface area contributed by atoms with E-state index in [4.69, 9.17) is 9.47 Å². The summed E-state index contributed by atoms with van der Waals surface area (Å²) < 4.78 is 10.4. The molecule has 1 aromatic heterocycles. The number of hydrogen-bond donors (Lipinski definition) is 2. The van der Waals surface area contributed by atoms with Crippen molar-refractivity contribution in [1.82, 2.24) is 15.6 Å². The lowest BCUT2D eigenvalue weighted by Crippen LogP contribution is -2.34. The van der Waals surface area contributed by atoms with Crippen molar-refractivity contribution in [2.24, 2.45) is 0 Å². The van der Waals surface area contributed by atoms with Gasteiger partial charge < -0.3 is 20.1 Å². The smallest absolute Gasteiger partial charge is 0.252 e. The summed E-state index contributed by atoms with van der Waals surface area (Å²) in [7, 11) is 3.16. The van der Waals surface area contributed by atoms with Crippen molar-refractivity contribution in [3.8, 4) is 11.5 Å². The van der Waals surface area contributed by atoms with Crippen molar-refractivity contribution in [2.45, 2.75) is 12.8 Å². The van der Waals surface area contributed by atoms with Crippen LogP contribution in [0.3, 0.4) is 0 Å². The molecule has 2 aromatic rings. The number of aromatic nitrogens is 1. The highest BCUT2D eigenvalue weighted by Gasteiger charge is 2.07. The van der Waals surface area contributed by atoms with Crippen molar-refractivity contribution in [2.75, 3.05) is 27.3 Å². The molecule has 2 rings (SSSR count). The van der Waals surface area contributed by atoms with Crippen LogP contribution in [0, 0.1) is 0 Å². The number of pyridine rings is 1. The molecular weight excluding hydrogens is 334 g/mol. The number of carbonyl (C=O) groups excluding carboxylic acids is 2. The normalized spacial score (nSPS) is 10.1. The van der Waals surface area contributed by atoms with Gasteiger partial charge in [-0.3, -0.25) is 14.6 Å². The lowest BCUT2D eigenvalue weighted by atomic mass is 10.1. The minimum atomic E-state index is -0.210. The Hall–Kier alpha value is -3.09. The van der Waals surface area contributed by atoms with Gasteiger partial charge in [-0.1, -0.05) is 6.07 Å². The maximum Gasteiger partial charge on any atom is 0.252 e. The first-order valence-corrected chi connectivity index (χ1v) is 8.30. The van der Waals surface area contributed by atoms with E-state index in [1.54, 1.807) is 32.5 Å². The topological polar surface area (TPSA) is 89.6 Å². The van der Waals surface area contributed by atoms with E-state index in [1.807, 2.05) is 18.2 Å². The molecule has 0 saturated heterocycles. The highest BCUT2D eigenvalue weighted by atomic mass is 16.5. The summed E-state index contributed by atoms with van der Waals surface area (Å²) in [5, 5.41) is 5.52. The Labute approximate surface area is 152 Å². The van der Waals surface area contributed by atoms with E-state index in [-0.39, 0.29) is 11.8 Å². The van der Waals surface area contributed by atoms with Crippen LogP contribution < -0.4 is 20.1 Å². The van der Waals surface area contributed by atoms with Crippen LogP contribution in [0.15, 0.2) is 42.7 Å². The van der Waals surface area contributed by atoms with Crippen LogP contribution >= 0.6 is 0 Å². The number of methoxy groups -OCH3 is 2. The molecule has 0 aliphatic carbocycles. The summed E-state index contributed by atoms with van der Waals surface area (Å²) in [6, 6.07) is 8.97. The van der Waals surface area contributed by atoms with Crippen LogP contribution in [0.5, 0.6) is 11.5 Å². The maximum absolute atomic E-state index is 11.9. The summed E-state index contributed by atoms with van der Waals surface area (Å²) in [6.07, 6.45) is 4.05. The van der Waals surface area contributed by atoms with Crippen molar-refractivity contribution >= 4 is 11.8 Å². The molecule has 0 spiro atoms. The van der Waals surface area contributed by atoms with Crippen LogP contribution in [-0.2, 0) is 11.2 Å². The third-order valence-electron chi connectivity index (χ3n) is 3.75. The van der Waals surface area contributed by atoms with Crippen LogP contribution in [0.2, 0.25) is 0 Å². The fourth-order valence-corrected chi connectivity index (χ4v) is 2.36. The lowest BCUT2D eigenvalue weighted by Gasteiger charge is -2.10. The minimum Gasteiger partial charge on any atom is -0.493 e. The van der Waals surface area contributed by atoms with Gasteiger partial charge in [0, 0.05) is 31.9 Å². The van der Waals surface area contributed by atoms with Gasteiger partial charge in [-0.2, -0.15) is 0 Å². The highest BCUT2D eigenvalue weighted by molar-refractivity contribution is 5.93. The Kier molecular flexibility index (Phi) is 7.42. The second kappa shape index (κ2) is 10.0. The molecule has 0 aliphatic rings. The molecule has 0 fully saturated rings. The van der Waals surface area contributed by atoms with Crippen molar-refractivity contribution < 1.29 is 19.1 Å². The number of rotatable bonds is 9. The number of hydrogen-bond acceptors (Lipinski definition) is 5. The van der Waals surface area contributed by atoms with E-state index < -0.39 is 0 Å². The lowest BCUT2D eigenvalue weighted by molar-refractivity contribution is -0.121. The Bertz CT molecular complexity index is 735. The van der Waals surface area contributed by atoms with Gasteiger partial charge in [0.2, 0.25) is 5.91 Å². The number of benzene rings is 1. The van der Waals surface area contributed by atoms with E-state index in [0.29, 0.717) is 43.0 Å². The van der Waals surface area contributed by atoms with Crippen molar-refractivity contribution in [3.63, 3.8) is 0 Å². The van der Waals surface area contributed by atoms with Crippen molar-refractivity contribution in [3.05, 3.63) is 53.9 Å². The zero-order valence-electron chi connectivity index (χ0n) is 15.0. The van der Waals surface area contributed by atoms with Crippen LogP contribution in [0.25, 0.3) is 0 Å². The summed E-state index contributed by atoms with van der Waals surface area (Å²) in [5.74, 6) is 1.02. The summed E-state index contributed by atoms with van der Waals surface area (Å²) in [4.78, 5) is 27.6. The molecule has 0 unspecified atom stereocenters. The molecule has 26 heavy (non-hydrogen) atoms. The SMILES string of the molecule is COc1ccc(CCC(=O)NCCNC(=O)c2cccnc2)cc1OC. The second-order valence-electron chi connectivity index (χ2n) is 5.54. The van der Waals surface area contributed by atoms with Gasteiger partial charge in [0.15, 0.2) is 11.5 Å². The van der Waals surface area contributed by atoms with Gasteiger partial charge in [-0.05, 0) is 36.2 Å². The first-order valence-electron chi connectivity index (χ1n) is 8.30. The summed E-state index contributed by atoms with van der Waals surface area (Å²) in [5.41, 5.74) is 1.48. The molecular formula is C19H23N3O4. The van der Waals surface area contributed by atoms with Gasteiger partial charge in [-0.25, -0.2) is 0 Å². The van der Waals surface area contributed by atoms with Gasteiger partial charge >= 0.3 is 0 Å².